The van der Waals surface area contributed by atoms with Crippen LogP contribution < -0.4 is 20.1 Å². The minimum atomic E-state index is -0.976. The Hall–Kier alpha value is -7.60. The summed E-state index contributed by atoms with van der Waals surface area (Å²) in [5, 5.41) is 31.3. The van der Waals surface area contributed by atoms with E-state index in [1.54, 1.807) is 0 Å². The lowest BCUT2D eigenvalue weighted by molar-refractivity contribution is -0.145. The molecule has 6 aromatic carbocycles. The minimum Gasteiger partial charge on any atom is -0.507 e. The number of phenols is 2. The van der Waals surface area contributed by atoms with Gasteiger partial charge < -0.3 is 39.8 Å². The number of carbonyl (C=O) groups is 4. The van der Waals surface area contributed by atoms with Crippen molar-refractivity contribution in [2.45, 2.75) is 155 Å². The molecule has 2 unspecified atom stereocenters. The zero-order valence-electron chi connectivity index (χ0n) is 49.4. The third-order valence-corrected chi connectivity index (χ3v) is 14.9. The van der Waals surface area contributed by atoms with Crippen molar-refractivity contribution in [1.29, 1.82) is 0 Å². The first-order valence-corrected chi connectivity index (χ1v) is 27.6. The van der Waals surface area contributed by atoms with E-state index in [2.05, 4.69) is 118 Å². The SMILES string of the molecule is COC(=O)C(Cc1ccccc1)NC(=O)COc1c2cc(C(C)(C)C)cc1Cc1cc(C(C)(C)C)cc(c1O)Cc1cc(C(C)(C)C)cc(c1OCC(=O)NC(Cc1ccccc1)C(=O)OC)Cc1cc(C(C)(C)C)cc(c1O)C2. The minimum absolute atomic E-state index is 0.0734. The van der Waals surface area contributed by atoms with Crippen molar-refractivity contribution in [2.24, 2.45) is 0 Å². The highest BCUT2D eigenvalue weighted by molar-refractivity contribution is 5.86. The Morgan fingerprint density at radius 2 is 0.675 bits per heavy atom. The average Bonchev–Trinajstić information content (AvgIpc) is 3.41. The van der Waals surface area contributed by atoms with E-state index in [0.717, 1.165) is 33.4 Å². The highest BCUT2D eigenvalue weighted by Crippen LogP contribution is 2.44. The summed E-state index contributed by atoms with van der Waals surface area (Å²) in [6, 6.07) is 33.3. The number of benzene rings is 6. The summed E-state index contributed by atoms with van der Waals surface area (Å²) < 4.78 is 23.7. The lowest BCUT2D eigenvalue weighted by atomic mass is 9.79. The van der Waals surface area contributed by atoms with Crippen molar-refractivity contribution in [3.8, 4) is 23.0 Å². The molecule has 0 fully saturated rings. The molecule has 2 atom stereocenters. The highest BCUT2D eigenvalue weighted by atomic mass is 16.5. The third-order valence-electron chi connectivity index (χ3n) is 14.9. The summed E-state index contributed by atoms with van der Waals surface area (Å²) in [5.41, 5.74) is 9.48. The van der Waals surface area contributed by atoms with Gasteiger partial charge in [0.25, 0.3) is 11.8 Å². The zero-order chi connectivity index (χ0) is 58.5. The Kier molecular flexibility index (Phi) is 18.3. The highest BCUT2D eigenvalue weighted by Gasteiger charge is 2.31. The molecule has 1 aliphatic rings. The number of ether oxygens (including phenoxy) is 4. The second kappa shape index (κ2) is 24.4. The van der Waals surface area contributed by atoms with Crippen LogP contribution in [0.4, 0.5) is 0 Å². The number of aromatic hydroxyl groups is 2. The number of phenolic OH excluding ortho intramolecular Hbond substituents is 2. The van der Waals surface area contributed by atoms with Gasteiger partial charge in [0.15, 0.2) is 13.2 Å². The van der Waals surface area contributed by atoms with E-state index in [1.807, 2.05) is 84.9 Å². The Labute approximate surface area is 473 Å². The monoisotopic (exact) mass is 1090 g/mol. The normalized spacial score (nSPS) is 13.6. The van der Waals surface area contributed by atoms with Crippen molar-refractivity contribution in [2.75, 3.05) is 27.4 Å². The number of fused-ring (bicyclic) bond motifs is 8. The van der Waals surface area contributed by atoms with Crippen LogP contribution in [0.1, 0.15) is 161 Å². The molecule has 2 amide bonds. The van der Waals surface area contributed by atoms with Crippen LogP contribution in [0.15, 0.2) is 109 Å². The van der Waals surface area contributed by atoms with Gasteiger partial charge >= 0.3 is 11.9 Å². The third kappa shape index (κ3) is 15.0. The molecule has 4 N–H and O–H groups in total. The van der Waals surface area contributed by atoms with Crippen LogP contribution in [0.25, 0.3) is 0 Å². The van der Waals surface area contributed by atoms with E-state index in [0.29, 0.717) is 56.0 Å². The molecule has 0 spiro atoms. The molecule has 0 saturated heterocycles. The summed E-state index contributed by atoms with van der Waals surface area (Å²) >= 11 is 0. The van der Waals surface area contributed by atoms with Gasteiger partial charge in [0.05, 0.1) is 14.2 Å². The largest absolute Gasteiger partial charge is 0.507 e. The molecule has 1 aliphatic carbocycles. The molecule has 0 radical (unpaired) electrons. The zero-order valence-corrected chi connectivity index (χ0v) is 49.4. The lowest BCUT2D eigenvalue weighted by Crippen LogP contribution is -2.45. The number of hydrogen-bond acceptors (Lipinski definition) is 10. The molecule has 7 rings (SSSR count). The summed E-state index contributed by atoms with van der Waals surface area (Å²) in [7, 11) is 2.58. The summed E-state index contributed by atoms with van der Waals surface area (Å²) in [4.78, 5) is 54.4. The number of methoxy groups -OCH3 is 2. The number of esters is 2. The number of carbonyl (C=O) groups excluding carboxylic acids is 4. The fourth-order valence-electron chi connectivity index (χ4n) is 10.1. The Morgan fingerprint density at radius 1 is 0.425 bits per heavy atom. The van der Waals surface area contributed by atoms with Crippen molar-refractivity contribution in [1.82, 2.24) is 10.6 Å². The molecule has 0 aromatic heterocycles. The van der Waals surface area contributed by atoms with E-state index in [1.165, 1.54) is 14.2 Å². The second-order valence-corrected chi connectivity index (χ2v) is 25.5. The number of hydrogen-bond donors (Lipinski definition) is 4. The fourth-order valence-corrected chi connectivity index (χ4v) is 10.1. The quantitative estimate of drug-likeness (QED) is 0.0769. The number of rotatable bonds is 14. The van der Waals surface area contributed by atoms with Crippen LogP contribution in [0.2, 0.25) is 0 Å². The maximum absolute atomic E-state index is 14.1. The molecule has 424 valence electrons. The average molecular weight is 1090 g/mol. The smallest absolute Gasteiger partial charge is 0.328 e. The fraction of sp³-hybridized carbons (Fsp3) is 0.412. The van der Waals surface area contributed by atoms with Gasteiger partial charge in [-0.15, -0.1) is 0 Å². The topological polar surface area (TPSA) is 170 Å². The standard InChI is InChI=1S/C68H82N2O10/c1-65(2,3)51-31-43-27-47-35-53(67(7,8)9)37-49(61(47)79-39-57(71)69-55(63(75)77-13)25-41-21-17-15-18-22-41)29-45-33-52(66(4,5)6)34-46(60(45)74)30-50-38-54(68(10,11)12)36-48(28-44(32-51)59(43)73)62(50)80-40-58(72)70-56(64(76)78-14)26-42-23-19-16-20-24-42/h15-24,31-38,55-56,73-74H,25-30,39-40H2,1-14H3,(H,69,71)(H,70,72). The van der Waals surface area contributed by atoms with Crippen LogP contribution in [-0.2, 0) is 88.8 Å². The van der Waals surface area contributed by atoms with Crippen molar-refractivity contribution < 1.29 is 48.3 Å². The Bertz CT molecular complexity index is 2910. The number of amides is 2. The molecule has 0 heterocycles. The van der Waals surface area contributed by atoms with Gasteiger partial charge in [0.1, 0.15) is 35.1 Å². The molecular weight excluding hydrogens is 1000 g/mol. The first-order valence-electron chi connectivity index (χ1n) is 27.6. The van der Waals surface area contributed by atoms with E-state index in [4.69, 9.17) is 18.9 Å². The van der Waals surface area contributed by atoms with E-state index < -0.39 is 49.1 Å². The maximum Gasteiger partial charge on any atom is 0.328 e. The molecule has 12 heteroatoms. The van der Waals surface area contributed by atoms with Crippen molar-refractivity contribution in [3.05, 3.63) is 187 Å². The predicted molar refractivity (Wildman–Crippen MR) is 314 cm³/mol. The molecule has 0 aliphatic heterocycles. The molecule has 12 nitrogen and oxygen atoms in total. The van der Waals surface area contributed by atoms with Crippen molar-refractivity contribution in [3.63, 3.8) is 0 Å². The van der Waals surface area contributed by atoms with Gasteiger partial charge in [-0.2, -0.15) is 0 Å². The Balaban J connectivity index is 1.42. The van der Waals surface area contributed by atoms with E-state index in [-0.39, 0.29) is 71.7 Å². The van der Waals surface area contributed by atoms with Gasteiger partial charge in [-0.3, -0.25) is 9.59 Å². The molecule has 6 aromatic rings. The first-order chi connectivity index (χ1) is 37.5. The van der Waals surface area contributed by atoms with Crippen LogP contribution in [0.5, 0.6) is 23.0 Å². The van der Waals surface area contributed by atoms with Crippen molar-refractivity contribution >= 4 is 23.8 Å². The van der Waals surface area contributed by atoms with Gasteiger partial charge in [-0.05, 0) is 99.5 Å². The van der Waals surface area contributed by atoms with Crippen LogP contribution >= 0.6 is 0 Å². The van der Waals surface area contributed by atoms with Crippen LogP contribution in [-0.4, -0.2) is 73.5 Å². The van der Waals surface area contributed by atoms with Gasteiger partial charge in [0.2, 0.25) is 0 Å². The van der Waals surface area contributed by atoms with E-state index in [9.17, 15) is 29.4 Å². The summed E-state index contributed by atoms with van der Waals surface area (Å²) in [6.45, 7) is 24.6. The lowest BCUT2D eigenvalue weighted by Gasteiger charge is -2.28. The molecule has 80 heavy (non-hydrogen) atoms. The van der Waals surface area contributed by atoms with Gasteiger partial charge in [0, 0.05) is 38.5 Å². The van der Waals surface area contributed by atoms with Crippen LogP contribution in [0.3, 0.4) is 0 Å². The van der Waals surface area contributed by atoms with Gasteiger partial charge in [-0.1, -0.05) is 192 Å². The van der Waals surface area contributed by atoms with E-state index >= 15 is 0 Å². The summed E-state index contributed by atoms with van der Waals surface area (Å²) in [6.07, 6.45) is 1.19. The summed E-state index contributed by atoms with van der Waals surface area (Å²) in [5.74, 6) is -1.24. The predicted octanol–water partition coefficient (Wildman–Crippen LogP) is 11.5. The number of nitrogens with one attached hydrogen (secondary N) is 2. The Morgan fingerprint density at radius 3 is 0.912 bits per heavy atom. The maximum atomic E-state index is 14.1. The molecule has 8 bridgehead atoms. The molecular formula is C68H82N2O10. The van der Waals surface area contributed by atoms with Gasteiger partial charge in [-0.25, -0.2) is 9.59 Å². The second-order valence-electron chi connectivity index (χ2n) is 25.5. The van der Waals surface area contributed by atoms with Crippen LogP contribution in [0, 0.1) is 0 Å². The first kappa shape index (κ1) is 60.0. The molecule has 0 saturated carbocycles.